The van der Waals surface area contributed by atoms with Crippen LogP contribution in [-0.4, -0.2) is 4.57 Å². The maximum Gasteiger partial charge on any atom is 0.0540 e. The van der Waals surface area contributed by atoms with Gasteiger partial charge in [0.05, 0.1) is 11.0 Å². The predicted octanol–water partition coefficient (Wildman–Crippen LogP) is 16.7. The fourth-order valence-corrected chi connectivity index (χ4v) is 9.72. The molecule has 0 fully saturated rings. The van der Waals surface area contributed by atoms with Crippen LogP contribution in [0.3, 0.4) is 0 Å². The summed E-state index contributed by atoms with van der Waals surface area (Å²) in [6, 6.07) is 87.1. The average molecular weight is 774 g/mol. The van der Waals surface area contributed by atoms with Crippen molar-refractivity contribution in [1.82, 2.24) is 4.57 Å². The summed E-state index contributed by atoms with van der Waals surface area (Å²) in [6.45, 7) is 0. The van der Waals surface area contributed by atoms with Crippen LogP contribution in [0.1, 0.15) is 0 Å². The standard InChI is InChI=1S/C60H39N/c1-3-15-40(16-4-1)42-27-32-46(33-28-42)61-59-35-30-43(41-17-5-2-6-18-41)38-57(59)53-25-13-10-21-49(53)50-22-11-14-26-54(50)58-39-45(31-36-60(58)61)44-29-34-55-51-23-8-7-19-47(51)48-20-9-12-24-52(48)56(55)37-44/h1-39H. The van der Waals surface area contributed by atoms with Crippen LogP contribution in [0.2, 0.25) is 0 Å². The molecule has 61 heavy (non-hydrogen) atoms. The van der Waals surface area contributed by atoms with Gasteiger partial charge in [-0.25, -0.2) is 0 Å². The molecule has 0 aliphatic rings. The Morgan fingerprint density at radius 2 is 0.459 bits per heavy atom. The largest absolute Gasteiger partial charge is 0.309 e. The average Bonchev–Trinajstić information content (AvgIpc) is 3.38. The maximum atomic E-state index is 2.48. The van der Waals surface area contributed by atoms with E-state index in [1.165, 1.54) is 98.0 Å². The molecule has 1 nitrogen and oxygen atoms in total. The zero-order valence-electron chi connectivity index (χ0n) is 33.5. The maximum absolute atomic E-state index is 2.48. The quantitative estimate of drug-likeness (QED) is 0.157. The van der Waals surface area contributed by atoms with Crippen molar-refractivity contribution in [2.24, 2.45) is 0 Å². The Hall–Kier alpha value is -8.00. The number of fused-ring (bicyclic) bond motifs is 13. The van der Waals surface area contributed by atoms with Crippen molar-refractivity contribution in [1.29, 1.82) is 0 Å². The summed E-state index contributed by atoms with van der Waals surface area (Å²) in [4.78, 5) is 0. The van der Waals surface area contributed by atoms with E-state index in [-0.39, 0.29) is 0 Å². The lowest BCUT2D eigenvalue weighted by atomic mass is 9.91. The lowest BCUT2D eigenvalue weighted by Crippen LogP contribution is -1.98. The highest BCUT2D eigenvalue weighted by atomic mass is 15.0. The smallest absolute Gasteiger partial charge is 0.0540 e. The van der Waals surface area contributed by atoms with Crippen LogP contribution in [-0.2, 0) is 0 Å². The van der Waals surface area contributed by atoms with E-state index in [0.29, 0.717) is 0 Å². The molecular formula is C60H39N. The van der Waals surface area contributed by atoms with Crippen molar-refractivity contribution >= 4 is 75.7 Å². The highest BCUT2D eigenvalue weighted by Gasteiger charge is 2.15. The van der Waals surface area contributed by atoms with Crippen molar-refractivity contribution in [2.75, 3.05) is 0 Å². The van der Waals surface area contributed by atoms with E-state index in [1.807, 2.05) is 0 Å². The number of aromatic nitrogens is 1. The molecule has 0 radical (unpaired) electrons. The fourth-order valence-electron chi connectivity index (χ4n) is 9.72. The third kappa shape index (κ3) is 5.86. The Morgan fingerprint density at radius 1 is 0.180 bits per heavy atom. The molecule has 0 unspecified atom stereocenters. The predicted molar refractivity (Wildman–Crippen MR) is 262 cm³/mol. The van der Waals surface area contributed by atoms with Crippen molar-refractivity contribution in [3.05, 3.63) is 237 Å². The zero-order chi connectivity index (χ0) is 40.3. The van der Waals surface area contributed by atoms with Gasteiger partial charge in [-0.1, -0.05) is 194 Å². The molecule has 11 aromatic carbocycles. The van der Waals surface area contributed by atoms with E-state index in [0.717, 1.165) is 16.7 Å². The van der Waals surface area contributed by atoms with Gasteiger partial charge >= 0.3 is 0 Å². The van der Waals surface area contributed by atoms with Crippen LogP contribution in [0, 0.1) is 0 Å². The Balaban J connectivity index is 1.21. The van der Waals surface area contributed by atoms with Gasteiger partial charge in [-0.05, 0) is 130 Å². The molecule has 0 saturated heterocycles. The molecule has 284 valence electrons. The van der Waals surface area contributed by atoms with Crippen LogP contribution in [0.4, 0.5) is 0 Å². The van der Waals surface area contributed by atoms with E-state index >= 15 is 0 Å². The van der Waals surface area contributed by atoms with Crippen LogP contribution >= 0.6 is 0 Å². The second-order valence-corrected chi connectivity index (χ2v) is 16.0. The normalized spacial score (nSPS) is 11.6. The van der Waals surface area contributed by atoms with E-state index in [1.54, 1.807) is 0 Å². The Kier molecular flexibility index (Phi) is 8.25. The van der Waals surface area contributed by atoms with Gasteiger partial charge in [0.25, 0.3) is 0 Å². The van der Waals surface area contributed by atoms with Crippen LogP contribution in [0.15, 0.2) is 237 Å². The Bertz CT molecular complexity index is 3690. The molecule has 0 aliphatic heterocycles. The van der Waals surface area contributed by atoms with Gasteiger partial charge in [-0.3, -0.25) is 0 Å². The Labute approximate surface area is 354 Å². The van der Waals surface area contributed by atoms with Gasteiger partial charge in [0, 0.05) is 16.5 Å². The number of hydrogen-bond donors (Lipinski definition) is 0. The highest BCUT2D eigenvalue weighted by molar-refractivity contribution is 6.26. The summed E-state index contributed by atoms with van der Waals surface area (Å²) >= 11 is 0. The molecule has 1 heterocycles. The summed E-state index contributed by atoms with van der Waals surface area (Å²) < 4.78 is 2.48. The van der Waals surface area contributed by atoms with Crippen molar-refractivity contribution in [2.45, 2.75) is 0 Å². The second kappa shape index (κ2) is 14.4. The molecule has 0 saturated carbocycles. The summed E-state index contributed by atoms with van der Waals surface area (Å²) in [5.41, 5.74) is 10.5. The summed E-state index contributed by atoms with van der Waals surface area (Å²) in [7, 11) is 0. The molecule has 0 atom stereocenters. The minimum atomic E-state index is 1.10. The first-order valence-corrected chi connectivity index (χ1v) is 21.1. The van der Waals surface area contributed by atoms with E-state index in [2.05, 4.69) is 241 Å². The SMILES string of the molecule is c1ccc(-c2ccc(-n3c4ccc(-c5ccccc5)cc4c4ccccc4c4ccccc4c4cc(-c5ccc6c7ccccc7c7ccccc7c6c5)ccc43)cc2)cc1. The molecular weight excluding hydrogens is 735 g/mol. The first kappa shape index (κ1) is 35.0. The van der Waals surface area contributed by atoms with Crippen molar-refractivity contribution in [3.63, 3.8) is 0 Å². The molecule has 0 amide bonds. The van der Waals surface area contributed by atoms with Crippen molar-refractivity contribution < 1.29 is 0 Å². The third-order valence-corrected chi connectivity index (χ3v) is 12.6. The van der Waals surface area contributed by atoms with Crippen molar-refractivity contribution in [3.8, 4) is 39.1 Å². The molecule has 0 N–H and O–H groups in total. The molecule has 0 bridgehead atoms. The van der Waals surface area contributed by atoms with Gasteiger partial charge in [0.15, 0.2) is 0 Å². The molecule has 1 heteroatoms. The van der Waals surface area contributed by atoms with Gasteiger partial charge in [0.2, 0.25) is 0 Å². The van der Waals surface area contributed by atoms with Crippen LogP contribution in [0.5, 0.6) is 0 Å². The fraction of sp³-hybridized carbons (Fsp3) is 0. The topological polar surface area (TPSA) is 4.93 Å². The van der Waals surface area contributed by atoms with E-state index in [4.69, 9.17) is 0 Å². The summed E-state index contributed by atoms with van der Waals surface area (Å²) in [5, 5.41) is 14.9. The lowest BCUT2D eigenvalue weighted by Gasteiger charge is -2.16. The number of hydrogen-bond acceptors (Lipinski definition) is 0. The molecule has 12 aromatic rings. The highest BCUT2D eigenvalue weighted by Crippen LogP contribution is 2.40. The Morgan fingerprint density at radius 3 is 0.902 bits per heavy atom. The zero-order valence-corrected chi connectivity index (χ0v) is 33.5. The third-order valence-electron chi connectivity index (χ3n) is 12.6. The first-order valence-electron chi connectivity index (χ1n) is 21.1. The molecule has 0 spiro atoms. The van der Waals surface area contributed by atoms with Gasteiger partial charge < -0.3 is 4.57 Å². The minimum Gasteiger partial charge on any atom is -0.309 e. The summed E-state index contributed by atoms with van der Waals surface area (Å²) in [5.74, 6) is 0. The summed E-state index contributed by atoms with van der Waals surface area (Å²) in [6.07, 6.45) is 0. The molecule has 0 aliphatic carbocycles. The van der Waals surface area contributed by atoms with Gasteiger partial charge in [0.1, 0.15) is 0 Å². The molecule has 1 aromatic heterocycles. The van der Waals surface area contributed by atoms with Gasteiger partial charge in [-0.15, -0.1) is 0 Å². The number of nitrogens with zero attached hydrogens (tertiary/aromatic N) is 1. The second-order valence-electron chi connectivity index (χ2n) is 16.0. The van der Waals surface area contributed by atoms with Gasteiger partial charge in [-0.2, -0.15) is 0 Å². The molecule has 12 rings (SSSR count). The number of benzene rings is 11. The van der Waals surface area contributed by atoms with Crippen LogP contribution < -0.4 is 0 Å². The van der Waals surface area contributed by atoms with E-state index in [9.17, 15) is 0 Å². The number of rotatable bonds is 4. The first-order chi connectivity index (χ1) is 30.3. The minimum absolute atomic E-state index is 1.10. The van der Waals surface area contributed by atoms with E-state index < -0.39 is 0 Å². The van der Waals surface area contributed by atoms with Crippen LogP contribution in [0.25, 0.3) is 115 Å². The lowest BCUT2D eigenvalue weighted by molar-refractivity contribution is 1.17. The monoisotopic (exact) mass is 773 g/mol.